The van der Waals surface area contributed by atoms with E-state index in [1.807, 2.05) is 13.0 Å². The molecule has 6 heteroatoms. The van der Waals surface area contributed by atoms with E-state index < -0.39 is 0 Å². The summed E-state index contributed by atoms with van der Waals surface area (Å²) in [6, 6.07) is 2.54. The van der Waals surface area contributed by atoms with Crippen LogP contribution >= 0.6 is 0 Å². The number of carbonyl (C=O) groups is 1. The highest BCUT2D eigenvalue weighted by Crippen LogP contribution is 2.35. The van der Waals surface area contributed by atoms with Crippen LogP contribution in [0.15, 0.2) is 10.6 Å². The van der Waals surface area contributed by atoms with Crippen LogP contribution < -0.4 is 0 Å². The van der Waals surface area contributed by atoms with Gasteiger partial charge in [0.1, 0.15) is 5.76 Å². The molecule has 0 bridgehead atoms. The first-order valence-corrected chi connectivity index (χ1v) is 10.4. The van der Waals surface area contributed by atoms with Gasteiger partial charge in [0.15, 0.2) is 0 Å². The van der Waals surface area contributed by atoms with Crippen LogP contribution in [0.3, 0.4) is 0 Å². The predicted molar refractivity (Wildman–Crippen MR) is 99.7 cm³/mol. The highest BCUT2D eigenvalue weighted by Gasteiger charge is 2.36. The number of rotatable bonds is 4. The fourth-order valence-corrected chi connectivity index (χ4v) is 5.04. The topological polar surface area (TPSA) is 52.8 Å². The molecule has 0 spiro atoms. The molecule has 1 aromatic rings. The SMILES string of the molecule is Cc1cc(CN2CCN(CC(=O)N3CCCC4CCCCC43)CC2)no1. The van der Waals surface area contributed by atoms with Crippen molar-refractivity contribution in [2.75, 3.05) is 39.3 Å². The number of aromatic nitrogens is 1. The minimum Gasteiger partial charge on any atom is -0.361 e. The Hall–Kier alpha value is -1.40. The van der Waals surface area contributed by atoms with Crippen LogP contribution in [0, 0.1) is 12.8 Å². The molecule has 3 heterocycles. The quantitative estimate of drug-likeness (QED) is 0.825. The number of likely N-dealkylation sites (tertiary alicyclic amines) is 1. The van der Waals surface area contributed by atoms with E-state index in [1.165, 1.54) is 38.5 Å². The second-order valence-electron chi connectivity index (χ2n) is 8.32. The average Bonchev–Trinajstić information content (AvgIpc) is 3.07. The Morgan fingerprint density at radius 1 is 1.08 bits per heavy atom. The minimum atomic E-state index is 0.363. The molecule has 1 aliphatic carbocycles. The van der Waals surface area contributed by atoms with Gasteiger partial charge < -0.3 is 9.42 Å². The first-order valence-electron chi connectivity index (χ1n) is 10.4. The van der Waals surface area contributed by atoms with Gasteiger partial charge in [0, 0.05) is 51.4 Å². The van der Waals surface area contributed by atoms with Gasteiger partial charge >= 0.3 is 0 Å². The Bertz CT molecular complexity index is 607. The maximum atomic E-state index is 12.9. The van der Waals surface area contributed by atoms with Crippen molar-refractivity contribution in [3.05, 3.63) is 17.5 Å². The van der Waals surface area contributed by atoms with Crippen LogP contribution in [0.5, 0.6) is 0 Å². The summed E-state index contributed by atoms with van der Waals surface area (Å²) in [4.78, 5) is 19.9. The summed E-state index contributed by atoms with van der Waals surface area (Å²) in [6.45, 7) is 8.25. The Labute approximate surface area is 156 Å². The van der Waals surface area contributed by atoms with Crippen molar-refractivity contribution in [2.45, 2.75) is 58.0 Å². The first kappa shape index (κ1) is 18.0. The zero-order valence-corrected chi connectivity index (χ0v) is 16.0. The molecule has 1 saturated carbocycles. The monoisotopic (exact) mass is 360 g/mol. The summed E-state index contributed by atoms with van der Waals surface area (Å²) in [5.41, 5.74) is 1.00. The van der Waals surface area contributed by atoms with Crippen molar-refractivity contribution < 1.29 is 9.32 Å². The van der Waals surface area contributed by atoms with Gasteiger partial charge in [-0.05, 0) is 38.5 Å². The van der Waals surface area contributed by atoms with E-state index >= 15 is 0 Å². The molecular formula is C20H32N4O2. The normalized spacial score (nSPS) is 28.1. The fraction of sp³-hybridized carbons (Fsp3) is 0.800. The maximum absolute atomic E-state index is 12.9. The second kappa shape index (κ2) is 8.09. The highest BCUT2D eigenvalue weighted by atomic mass is 16.5. The standard InChI is InChI=1S/C20H32N4O2/c1-16-13-18(21-26-16)14-22-9-11-23(12-10-22)15-20(25)24-8-4-6-17-5-2-3-7-19(17)24/h13,17,19H,2-12,14-15H2,1H3. The number of hydrogen-bond acceptors (Lipinski definition) is 5. The summed E-state index contributed by atoms with van der Waals surface area (Å²) >= 11 is 0. The van der Waals surface area contributed by atoms with Crippen LogP contribution in [0.25, 0.3) is 0 Å². The molecule has 3 aliphatic rings. The van der Waals surface area contributed by atoms with E-state index in [1.54, 1.807) is 0 Å². The van der Waals surface area contributed by atoms with Gasteiger partial charge in [0.2, 0.25) is 5.91 Å². The second-order valence-corrected chi connectivity index (χ2v) is 8.32. The lowest BCUT2D eigenvalue weighted by molar-refractivity contribution is -0.139. The zero-order chi connectivity index (χ0) is 17.9. The van der Waals surface area contributed by atoms with Gasteiger partial charge in [-0.3, -0.25) is 14.6 Å². The molecule has 1 amide bonds. The molecule has 3 fully saturated rings. The number of amides is 1. The van der Waals surface area contributed by atoms with Crippen LogP contribution in [-0.4, -0.2) is 71.1 Å². The minimum absolute atomic E-state index is 0.363. The third-order valence-corrected chi connectivity index (χ3v) is 6.45. The molecule has 0 N–H and O–H groups in total. The lowest BCUT2D eigenvalue weighted by Crippen LogP contribution is -2.54. The van der Waals surface area contributed by atoms with E-state index in [4.69, 9.17) is 4.52 Å². The molecule has 6 nitrogen and oxygen atoms in total. The van der Waals surface area contributed by atoms with E-state index in [9.17, 15) is 4.79 Å². The van der Waals surface area contributed by atoms with E-state index in [0.29, 0.717) is 18.5 Å². The molecule has 0 aromatic carbocycles. The number of nitrogens with zero attached hydrogens (tertiary/aromatic N) is 4. The van der Waals surface area contributed by atoms with E-state index in [-0.39, 0.29) is 0 Å². The molecule has 2 unspecified atom stereocenters. The van der Waals surface area contributed by atoms with E-state index in [2.05, 4.69) is 19.9 Å². The number of piperazine rings is 1. The summed E-state index contributed by atoms with van der Waals surface area (Å²) < 4.78 is 5.15. The number of hydrogen-bond donors (Lipinski definition) is 0. The Morgan fingerprint density at radius 2 is 1.81 bits per heavy atom. The van der Waals surface area contributed by atoms with Crippen molar-refractivity contribution >= 4 is 5.91 Å². The first-order chi connectivity index (χ1) is 12.7. The third-order valence-electron chi connectivity index (χ3n) is 6.45. The Balaban J connectivity index is 1.25. The Morgan fingerprint density at radius 3 is 2.58 bits per heavy atom. The lowest BCUT2D eigenvalue weighted by atomic mass is 9.78. The number of carbonyl (C=O) groups excluding carboxylic acids is 1. The van der Waals surface area contributed by atoms with Crippen molar-refractivity contribution in [3.63, 3.8) is 0 Å². The van der Waals surface area contributed by atoms with Gasteiger partial charge in [0.05, 0.1) is 12.2 Å². The molecule has 2 saturated heterocycles. The number of aryl methyl sites for hydroxylation is 1. The summed E-state index contributed by atoms with van der Waals surface area (Å²) in [5.74, 6) is 2.00. The van der Waals surface area contributed by atoms with Crippen molar-refractivity contribution in [3.8, 4) is 0 Å². The van der Waals surface area contributed by atoms with Crippen LogP contribution in [-0.2, 0) is 11.3 Å². The van der Waals surface area contributed by atoms with Gasteiger partial charge in [-0.25, -0.2) is 0 Å². The molecule has 4 rings (SSSR count). The van der Waals surface area contributed by atoms with Crippen molar-refractivity contribution in [2.24, 2.45) is 5.92 Å². The smallest absolute Gasteiger partial charge is 0.237 e. The summed E-state index contributed by atoms with van der Waals surface area (Å²) in [5, 5.41) is 4.09. The van der Waals surface area contributed by atoms with Crippen LogP contribution in [0.4, 0.5) is 0 Å². The van der Waals surface area contributed by atoms with Gasteiger partial charge in [-0.2, -0.15) is 0 Å². The van der Waals surface area contributed by atoms with Gasteiger partial charge in [-0.15, -0.1) is 0 Å². The third kappa shape index (κ3) is 4.12. The molecule has 144 valence electrons. The Kier molecular flexibility index (Phi) is 5.60. The highest BCUT2D eigenvalue weighted by molar-refractivity contribution is 5.78. The maximum Gasteiger partial charge on any atom is 0.237 e. The van der Waals surface area contributed by atoms with Crippen LogP contribution in [0.2, 0.25) is 0 Å². The molecule has 2 atom stereocenters. The zero-order valence-electron chi connectivity index (χ0n) is 16.0. The number of piperidine rings is 1. The molecular weight excluding hydrogens is 328 g/mol. The fourth-order valence-electron chi connectivity index (χ4n) is 5.04. The lowest BCUT2D eigenvalue weighted by Gasteiger charge is -2.45. The van der Waals surface area contributed by atoms with Gasteiger partial charge in [-0.1, -0.05) is 18.0 Å². The van der Waals surface area contributed by atoms with E-state index in [0.717, 1.165) is 56.6 Å². The number of fused-ring (bicyclic) bond motifs is 1. The molecule has 26 heavy (non-hydrogen) atoms. The van der Waals surface area contributed by atoms with Gasteiger partial charge in [0.25, 0.3) is 0 Å². The molecule has 1 aromatic heterocycles. The van der Waals surface area contributed by atoms with Crippen molar-refractivity contribution in [1.82, 2.24) is 19.9 Å². The summed E-state index contributed by atoms with van der Waals surface area (Å²) in [7, 11) is 0. The summed E-state index contributed by atoms with van der Waals surface area (Å²) in [6.07, 6.45) is 7.73. The predicted octanol–water partition coefficient (Wildman–Crippen LogP) is 2.28. The van der Waals surface area contributed by atoms with Crippen molar-refractivity contribution in [1.29, 1.82) is 0 Å². The molecule has 2 aliphatic heterocycles. The largest absolute Gasteiger partial charge is 0.361 e. The molecule has 0 radical (unpaired) electrons. The van der Waals surface area contributed by atoms with Crippen LogP contribution in [0.1, 0.15) is 50.0 Å². The average molecular weight is 361 g/mol.